The molecule has 0 spiro atoms. The Morgan fingerprint density at radius 3 is 2.65 bits per heavy atom. The Morgan fingerprint density at radius 1 is 1.00 bits per heavy atom. The maximum atomic E-state index is 14.2. The second-order valence-electron chi connectivity index (χ2n) is 6.08. The van der Waals surface area contributed by atoms with E-state index in [4.69, 9.17) is 0 Å². The summed E-state index contributed by atoms with van der Waals surface area (Å²) in [5.74, 6) is -0.755. The number of hydrogen-bond donors (Lipinski definition) is 0. The summed E-state index contributed by atoms with van der Waals surface area (Å²) in [6.45, 7) is 0. The molecular formula is C20H17F2N. The highest BCUT2D eigenvalue weighted by Crippen LogP contribution is 2.41. The Hall–Kier alpha value is -2.42. The number of nitrogens with zero attached hydrogens (tertiary/aromatic N) is 1. The van der Waals surface area contributed by atoms with E-state index in [9.17, 15) is 8.78 Å². The Balaban J connectivity index is 1.76. The van der Waals surface area contributed by atoms with Crippen molar-refractivity contribution >= 4 is 5.57 Å². The fraction of sp³-hybridized carbons (Fsp3) is 0.200. The molecule has 2 atom stereocenters. The van der Waals surface area contributed by atoms with Crippen molar-refractivity contribution in [2.24, 2.45) is 0 Å². The lowest BCUT2D eigenvalue weighted by Gasteiger charge is -2.38. The van der Waals surface area contributed by atoms with Gasteiger partial charge in [-0.25, -0.2) is 8.78 Å². The molecular weight excluding hydrogens is 292 g/mol. The van der Waals surface area contributed by atoms with E-state index < -0.39 is 5.82 Å². The Morgan fingerprint density at radius 2 is 1.83 bits per heavy atom. The molecule has 0 radical (unpaired) electrons. The lowest BCUT2D eigenvalue weighted by Crippen LogP contribution is -2.33. The topological polar surface area (TPSA) is 3.24 Å². The second-order valence-corrected chi connectivity index (χ2v) is 6.08. The molecule has 2 aromatic rings. The Bertz CT molecular complexity index is 779. The predicted molar refractivity (Wildman–Crippen MR) is 87.5 cm³/mol. The first kappa shape index (κ1) is 14.2. The van der Waals surface area contributed by atoms with E-state index in [1.54, 1.807) is 0 Å². The summed E-state index contributed by atoms with van der Waals surface area (Å²) in [5.41, 5.74) is 2.48. The van der Waals surface area contributed by atoms with E-state index in [1.807, 2.05) is 18.2 Å². The summed E-state index contributed by atoms with van der Waals surface area (Å²) >= 11 is 0. The van der Waals surface area contributed by atoms with Gasteiger partial charge in [0.05, 0.1) is 12.1 Å². The van der Waals surface area contributed by atoms with Crippen molar-refractivity contribution in [3.63, 3.8) is 0 Å². The van der Waals surface area contributed by atoms with Gasteiger partial charge in [-0.1, -0.05) is 42.5 Å². The van der Waals surface area contributed by atoms with Gasteiger partial charge in [0.15, 0.2) is 0 Å². The second kappa shape index (κ2) is 5.65. The van der Waals surface area contributed by atoms with Gasteiger partial charge in [0.1, 0.15) is 11.6 Å². The molecule has 0 bridgehead atoms. The van der Waals surface area contributed by atoms with Gasteiger partial charge < -0.3 is 4.90 Å². The van der Waals surface area contributed by atoms with Crippen LogP contribution < -0.4 is 0 Å². The smallest absolute Gasteiger partial charge is 0.130 e. The van der Waals surface area contributed by atoms with Gasteiger partial charge in [-0.15, -0.1) is 0 Å². The molecule has 0 saturated heterocycles. The number of benzene rings is 2. The highest BCUT2D eigenvalue weighted by molar-refractivity contribution is 5.69. The highest BCUT2D eigenvalue weighted by Gasteiger charge is 2.32. The quantitative estimate of drug-likeness (QED) is 0.747. The van der Waals surface area contributed by atoms with Crippen molar-refractivity contribution in [1.29, 1.82) is 0 Å². The molecule has 116 valence electrons. The molecule has 0 unspecified atom stereocenters. The zero-order valence-electron chi connectivity index (χ0n) is 12.6. The molecule has 0 N–H and O–H groups in total. The third kappa shape index (κ3) is 2.56. The lowest BCUT2D eigenvalue weighted by atomic mass is 9.87. The van der Waals surface area contributed by atoms with Crippen LogP contribution in [0.4, 0.5) is 8.78 Å². The van der Waals surface area contributed by atoms with E-state index >= 15 is 0 Å². The fourth-order valence-corrected chi connectivity index (χ4v) is 3.57. The van der Waals surface area contributed by atoms with E-state index in [-0.39, 0.29) is 17.9 Å². The van der Waals surface area contributed by atoms with E-state index in [1.165, 1.54) is 23.8 Å². The normalized spacial score (nSPS) is 22.9. The van der Waals surface area contributed by atoms with Crippen molar-refractivity contribution in [2.75, 3.05) is 0 Å². The first-order valence-electron chi connectivity index (χ1n) is 7.87. The van der Waals surface area contributed by atoms with Crippen LogP contribution >= 0.6 is 0 Å². The van der Waals surface area contributed by atoms with Crippen molar-refractivity contribution in [3.8, 4) is 0 Å². The molecule has 23 heavy (non-hydrogen) atoms. The molecule has 2 aliphatic heterocycles. The SMILES string of the molecule is Fc1ccc(F)c(C2=C[C@H]3CC=CN3[C@H](c3ccccc3)C2)c1. The third-order valence-corrected chi connectivity index (χ3v) is 4.66. The molecule has 1 nitrogen and oxygen atoms in total. The van der Waals surface area contributed by atoms with Crippen LogP contribution in [0, 0.1) is 11.6 Å². The molecule has 2 aromatic carbocycles. The van der Waals surface area contributed by atoms with Gasteiger partial charge >= 0.3 is 0 Å². The Labute approximate surface area is 134 Å². The average Bonchev–Trinajstić information content (AvgIpc) is 3.05. The van der Waals surface area contributed by atoms with Crippen LogP contribution in [0.1, 0.15) is 30.0 Å². The highest BCUT2D eigenvalue weighted by atomic mass is 19.1. The van der Waals surface area contributed by atoms with Crippen LogP contribution in [-0.2, 0) is 0 Å². The van der Waals surface area contributed by atoms with Gasteiger partial charge in [0.2, 0.25) is 0 Å². The number of rotatable bonds is 2. The summed E-state index contributed by atoms with van der Waals surface area (Å²) in [6.07, 6.45) is 7.92. The van der Waals surface area contributed by atoms with Crippen molar-refractivity contribution in [2.45, 2.75) is 24.9 Å². The number of fused-ring (bicyclic) bond motifs is 1. The molecule has 4 rings (SSSR count). The molecule has 0 saturated carbocycles. The summed E-state index contributed by atoms with van der Waals surface area (Å²) in [4.78, 5) is 2.32. The fourth-order valence-electron chi connectivity index (χ4n) is 3.57. The zero-order chi connectivity index (χ0) is 15.8. The third-order valence-electron chi connectivity index (χ3n) is 4.66. The molecule has 0 amide bonds. The van der Waals surface area contributed by atoms with Gasteiger partial charge in [0.25, 0.3) is 0 Å². The van der Waals surface area contributed by atoms with Crippen LogP contribution in [0.15, 0.2) is 66.9 Å². The molecule has 2 heterocycles. The van der Waals surface area contributed by atoms with Crippen LogP contribution in [0.25, 0.3) is 5.57 Å². The summed E-state index contributed by atoms with van der Waals surface area (Å²) in [7, 11) is 0. The maximum Gasteiger partial charge on any atom is 0.130 e. The minimum atomic E-state index is -0.398. The van der Waals surface area contributed by atoms with Gasteiger partial charge in [-0.2, -0.15) is 0 Å². The predicted octanol–water partition coefficient (Wildman–Crippen LogP) is 5.08. The molecule has 0 fully saturated rings. The largest absolute Gasteiger partial charge is 0.364 e. The van der Waals surface area contributed by atoms with Gasteiger partial charge in [-0.05, 0) is 48.4 Å². The van der Waals surface area contributed by atoms with Gasteiger partial charge in [-0.3, -0.25) is 0 Å². The first-order chi connectivity index (χ1) is 11.2. The standard InChI is InChI=1S/C20H17F2N/c21-16-8-9-19(22)18(13-16)15-11-17-7-4-10-23(17)20(12-15)14-5-2-1-3-6-14/h1-6,8-11,13,17,20H,7,12H2/t17-,20+/m1/s1. The van der Waals surface area contributed by atoms with Crippen molar-refractivity contribution in [1.82, 2.24) is 4.90 Å². The Kier molecular flexibility index (Phi) is 3.49. The van der Waals surface area contributed by atoms with E-state index in [0.717, 1.165) is 12.0 Å². The molecule has 3 heteroatoms. The van der Waals surface area contributed by atoms with Crippen LogP contribution in [0.3, 0.4) is 0 Å². The number of halogens is 2. The summed E-state index contributed by atoms with van der Waals surface area (Å²) < 4.78 is 27.8. The minimum Gasteiger partial charge on any atom is -0.364 e. The van der Waals surface area contributed by atoms with E-state index in [2.05, 4.69) is 35.4 Å². The minimum absolute atomic E-state index is 0.155. The van der Waals surface area contributed by atoms with Crippen molar-refractivity contribution in [3.05, 3.63) is 89.6 Å². The number of hydrogen-bond acceptors (Lipinski definition) is 1. The zero-order valence-corrected chi connectivity index (χ0v) is 12.6. The average molecular weight is 309 g/mol. The van der Waals surface area contributed by atoms with Crippen LogP contribution in [-0.4, -0.2) is 10.9 Å². The summed E-state index contributed by atoms with van der Waals surface area (Å²) in [6, 6.07) is 14.3. The van der Waals surface area contributed by atoms with Gasteiger partial charge in [0, 0.05) is 5.56 Å². The monoisotopic (exact) mass is 309 g/mol. The molecule has 2 aliphatic rings. The molecule has 0 aliphatic carbocycles. The molecule has 0 aromatic heterocycles. The van der Waals surface area contributed by atoms with Crippen LogP contribution in [0.5, 0.6) is 0 Å². The van der Waals surface area contributed by atoms with Crippen molar-refractivity contribution < 1.29 is 8.78 Å². The van der Waals surface area contributed by atoms with E-state index in [0.29, 0.717) is 12.0 Å². The lowest BCUT2D eigenvalue weighted by molar-refractivity contribution is 0.247. The summed E-state index contributed by atoms with van der Waals surface area (Å²) in [5, 5.41) is 0. The first-order valence-corrected chi connectivity index (χ1v) is 7.87. The maximum absolute atomic E-state index is 14.2. The van der Waals surface area contributed by atoms with Crippen LogP contribution in [0.2, 0.25) is 0 Å².